The Morgan fingerprint density at radius 2 is 1.77 bits per heavy atom. The lowest BCUT2D eigenvalue weighted by Gasteiger charge is -2.30. The Balaban J connectivity index is 1.44. The van der Waals surface area contributed by atoms with E-state index in [9.17, 15) is 4.79 Å². The number of hydrogen-bond acceptors (Lipinski definition) is 3. The summed E-state index contributed by atoms with van der Waals surface area (Å²) in [5.41, 5.74) is 3.02. The summed E-state index contributed by atoms with van der Waals surface area (Å²) in [4.78, 5) is 15.7. The van der Waals surface area contributed by atoms with Crippen LogP contribution in [0.25, 0.3) is 10.9 Å². The first kappa shape index (κ1) is 20.0. The van der Waals surface area contributed by atoms with Crippen molar-refractivity contribution in [2.75, 3.05) is 19.8 Å². The molecule has 1 aliphatic carbocycles. The lowest BCUT2D eigenvalue weighted by Crippen LogP contribution is -2.36. The molecular formula is C26H30N2O3. The molecule has 1 aliphatic heterocycles. The molecule has 162 valence electrons. The molecule has 5 rings (SSSR count). The van der Waals surface area contributed by atoms with Crippen molar-refractivity contribution >= 4 is 16.8 Å². The number of rotatable bonds is 5. The van der Waals surface area contributed by atoms with Gasteiger partial charge in [0.15, 0.2) is 11.5 Å². The summed E-state index contributed by atoms with van der Waals surface area (Å²) in [5, 5.41) is 1.21. The van der Waals surface area contributed by atoms with Crippen LogP contribution in [-0.4, -0.2) is 35.1 Å². The van der Waals surface area contributed by atoms with Crippen LogP contribution in [0.1, 0.15) is 48.2 Å². The van der Waals surface area contributed by atoms with Crippen molar-refractivity contribution < 1.29 is 14.3 Å². The third kappa shape index (κ3) is 4.14. The van der Waals surface area contributed by atoms with Crippen molar-refractivity contribution in [2.24, 2.45) is 13.0 Å². The molecule has 2 heterocycles. The number of ether oxygens (including phenoxy) is 2. The Labute approximate surface area is 183 Å². The number of amides is 1. The van der Waals surface area contributed by atoms with Gasteiger partial charge < -0.3 is 18.9 Å². The summed E-state index contributed by atoms with van der Waals surface area (Å²) in [7, 11) is 2.09. The summed E-state index contributed by atoms with van der Waals surface area (Å²) in [6.45, 7) is 2.48. The van der Waals surface area contributed by atoms with Crippen LogP contribution >= 0.6 is 0 Å². The molecule has 1 aromatic heterocycles. The number of aromatic nitrogens is 1. The van der Waals surface area contributed by atoms with Crippen molar-refractivity contribution in [3.05, 3.63) is 59.8 Å². The van der Waals surface area contributed by atoms with Gasteiger partial charge in [-0.05, 0) is 54.5 Å². The zero-order chi connectivity index (χ0) is 21.2. The Kier molecular flexibility index (Phi) is 5.58. The number of carbonyl (C=O) groups excluding carboxylic acids is 1. The number of nitrogens with zero attached hydrogens (tertiary/aromatic N) is 2. The Hall–Kier alpha value is -2.95. The fourth-order valence-corrected chi connectivity index (χ4v) is 4.95. The van der Waals surface area contributed by atoms with Crippen molar-refractivity contribution in [3.63, 3.8) is 0 Å². The van der Waals surface area contributed by atoms with Crippen molar-refractivity contribution in [1.29, 1.82) is 0 Å². The number of para-hydroxylation sites is 1. The fraction of sp³-hybridized carbons (Fsp3) is 0.423. The van der Waals surface area contributed by atoms with Gasteiger partial charge in [-0.3, -0.25) is 4.79 Å². The lowest BCUT2D eigenvalue weighted by atomic mass is 9.88. The van der Waals surface area contributed by atoms with Crippen LogP contribution in [0.15, 0.2) is 48.5 Å². The number of aryl methyl sites for hydroxylation is 1. The van der Waals surface area contributed by atoms with E-state index >= 15 is 0 Å². The zero-order valence-electron chi connectivity index (χ0n) is 18.2. The minimum absolute atomic E-state index is 0.0628. The highest BCUT2D eigenvalue weighted by Gasteiger charge is 2.25. The van der Waals surface area contributed by atoms with Crippen LogP contribution in [0, 0.1) is 5.92 Å². The molecule has 31 heavy (non-hydrogen) atoms. The van der Waals surface area contributed by atoms with E-state index in [4.69, 9.17) is 9.47 Å². The molecule has 1 fully saturated rings. The molecule has 0 N–H and O–H groups in total. The van der Waals surface area contributed by atoms with E-state index in [1.54, 1.807) is 0 Å². The van der Waals surface area contributed by atoms with Gasteiger partial charge in [0.2, 0.25) is 0 Å². The van der Waals surface area contributed by atoms with Crippen molar-refractivity contribution in [3.8, 4) is 11.5 Å². The molecule has 2 aliphatic rings. The minimum atomic E-state index is 0.0628. The van der Waals surface area contributed by atoms with Gasteiger partial charge in [0.05, 0.1) is 6.54 Å². The topological polar surface area (TPSA) is 43.7 Å². The molecule has 0 radical (unpaired) electrons. The Morgan fingerprint density at radius 1 is 1.00 bits per heavy atom. The standard InChI is InChI=1S/C26H30N2O3/c1-27-22(15-20-9-5-6-10-23(20)27)18-28(17-19-7-3-2-4-8-19)26(29)21-11-12-24-25(16-21)31-14-13-30-24/h5-6,9-12,15-16,19H,2-4,7-8,13-14,17-18H2,1H3. The molecule has 0 unspecified atom stereocenters. The van der Waals surface area contributed by atoms with Crippen LogP contribution < -0.4 is 9.47 Å². The highest BCUT2D eigenvalue weighted by Crippen LogP contribution is 2.32. The normalized spacial score (nSPS) is 16.4. The van der Waals surface area contributed by atoms with Crippen LogP contribution in [0.5, 0.6) is 11.5 Å². The summed E-state index contributed by atoms with van der Waals surface area (Å²) >= 11 is 0. The summed E-state index contributed by atoms with van der Waals surface area (Å²) in [6, 6.07) is 16.2. The van der Waals surface area contributed by atoms with E-state index in [-0.39, 0.29) is 5.91 Å². The second-order valence-electron chi connectivity index (χ2n) is 8.80. The van der Waals surface area contributed by atoms with Crippen LogP contribution in [0.2, 0.25) is 0 Å². The molecule has 5 heteroatoms. The van der Waals surface area contributed by atoms with Crippen molar-refractivity contribution in [2.45, 2.75) is 38.6 Å². The number of fused-ring (bicyclic) bond motifs is 2. The van der Waals surface area contributed by atoms with E-state index in [0.29, 0.717) is 37.0 Å². The second kappa shape index (κ2) is 8.66. The summed E-state index contributed by atoms with van der Waals surface area (Å²) in [6.07, 6.45) is 6.27. The predicted molar refractivity (Wildman–Crippen MR) is 122 cm³/mol. The average molecular weight is 419 g/mol. The highest BCUT2D eigenvalue weighted by atomic mass is 16.6. The quantitative estimate of drug-likeness (QED) is 0.574. The van der Waals surface area contributed by atoms with Gasteiger partial charge in [-0.2, -0.15) is 0 Å². The van der Waals surface area contributed by atoms with Gasteiger partial charge in [0.25, 0.3) is 5.91 Å². The summed E-state index contributed by atoms with van der Waals surface area (Å²) in [5.74, 6) is 2.02. The molecule has 3 aromatic rings. The third-order valence-corrected chi connectivity index (χ3v) is 6.68. The molecule has 0 saturated heterocycles. The number of hydrogen-bond donors (Lipinski definition) is 0. The smallest absolute Gasteiger partial charge is 0.254 e. The Morgan fingerprint density at radius 3 is 2.58 bits per heavy atom. The number of benzene rings is 2. The average Bonchev–Trinajstić information content (AvgIpc) is 3.14. The molecular weight excluding hydrogens is 388 g/mol. The zero-order valence-corrected chi connectivity index (χ0v) is 18.2. The predicted octanol–water partition coefficient (Wildman–Crippen LogP) is 5.17. The van der Waals surface area contributed by atoms with Crippen LogP contribution in [-0.2, 0) is 13.6 Å². The van der Waals surface area contributed by atoms with Gasteiger partial charge in [0.1, 0.15) is 13.2 Å². The van der Waals surface area contributed by atoms with E-state index in [1.165, 1.54) is 43.0 Å². The maximum atomic E-state index is 13.7. The van der Waals surface area contributed by atoms with Crippen LogP contribution in [0.4, 0.5) is 0 Å². The molecule has 2 aromatic carbocycles. The van der Waals surface area contributed by atoms with Gasteiger partial charge >= 0.3 is 0 Å². The minimum Gasteiger partial charge on any atom is -0.486 e. The summed E-state index contributed by atoms with van der Waals surface area (Å²) < 4.78 is 13.6. The van der Waals surface area contributed by atoms with E-state index < -0.39 is 0 Å². The van der Waals surface area contributed by atoms with E-state index in [0.717, 1.165) is 18.0 Å². The third-order valence-electron chi connectivity index (χ3n) is 6.68. The molecule has 0 spiro atoms. The van der Waals surface area contributed by atoms with Gasteiger partial charge in [0, 0.05) is 30.4 Å². The van der Waals surface area contributed by atoms with Gasteiger partial charge in [-0.1, -0.05) is 37.5 Å². The van der Waals surface area contributed by atoms with Crippen LogP contribution in [0.3, 0.4) is 0 Å². The van der Waals surface area contributed by atoms with Gasteiger partial charge in [-0.25, -0.2) is 0 Å². The molecule has 1 amide bonds. The first-order valence-electron chi connectivity index (χ1n) is 11.4. The SMILES string of the molecule is Cn1c(CN(CC2CCCCC2)C(=O)c2ccc3c(c2)OCCO3)cc2ccccc21. The van der Waals surface area contributed by atoms with Gasteiger partial charge in [-0.15, -0.1) is 0 Å². The molecule has 0 atom stereocenters. The maximum absolute atomic E-state index is 13.7. The monoisotopic (exact) mass is 418 g/mol. The largest absolute Gasteiger partial charge is 0.486 e. The first-order valence-corrected chi connectivity index (χ1v) is 11.4. The maximum Gasteiger partial charge on any atom is 0.254 e. The second-order valence-corrected chi connectivity index (χ2v) is 8.80. The molecule has 1 saturated carbocycles. The van der Waals surface area contributed by atoms with E-state index in [2.05, 4.69) is 41.9 Å². The van der Waals surface area contributed by atoms with Crippen molar-refractivity contribution in [1.82, 2.24) is 9.47 Å². The number of carbonyl (C=O) groups is 1. The van der Waals surface area contributed by atoms with E-state index in [1.807, 2.05) is 23.1 Å². The lowest BCUT2D eigenvalue weighted by molar-refractivity contribution is 0.0694. The molecule has 5 nitrogen and oxygen atoms in total. The first-order chi connectivity index (χ1) is 15.2. The fourth-order valence-electron chi connectivity index (χ4n) is 4.95. The Bertz CT molecular complexity index is 1080. The highest BCUT2D eigenvalue weighted by molar-refractivity contribution is 5.95. The molecule has 0 bridgehead atoms.